The number of hydrogen-bond acceptors (Lipinski definition) is 5. The number of oxazole rings is 1. The minimum absolute atomic E-state index is 0.604. The van der Waals surface area contributed by atoms with Gasteiger partial charge in [0.15, 0.2) is 0 Å². The number of benzene rings is 2. The number of rotatable bonds is 5. The number of aliphatic imine (C=N–C) groups is 1. The van der Waals surface area contributed by atoms with Crippen molar-refractivity contribution in [2.24, 2.45) is 4.99 Å². The quantitative estimate of drug-likeness (QED) is 0.357. The fourth-order valence-electron chi connectivity index (χ4n) is 5.86. The van der Waals surface area contributed by atoms with E-state index in [9.17, 15) is 0 Å². The van der Waals surface area contributed by atoms with E-state index in [1.165, 1.54) is 16.5 Å². The lowest BCUT2D eigenvalue weighted by molar-refractivity contribution is 0.0990. The van der Waals surface area contributed by atoms with Gasteiger partial charge in [0.25, 0.3) is 0 Å². The van der Waals surface area contributed by atoms with Crippen LogP contribution in [0.15, 0.2) is 76.4 Å². The Bertz CT molecular complexity index is 1580. The first-order valence-corrected chi connectivity index (χ1v) is 13.3. The number of piperazine rings is 1. The molecular formula is C31H31N5O. The van der Waals surface area contributed by atoms with Crippen molar-refractivity contribution in [1.29, 1.82) is 0 Å². The fraction of sp³-hybridized carbons (Fsp3) is 0.290. The van der Waals surface area contributed by atoms with E-state index in [0.29, 0.717) is 11.9 Å². The SMILES string of the molecule is CC(C)N1CCN(Cc2cnc(C3=C4C(=Nc5ccc(-c6cccc7[nH]ccc67)cc54)CC=C3)o2)CC1. The summed E-state index contributed by atoms with van der Waals surface area (Å²) in [6, 6.07) is 15.8. The molecule has 6 heteroatoms. The first-order valence-electron chi connectivity index (χ1n) is 13.3. The molecule has 0 atom stereocenters. The average molecular weight is 490 g/mol. The Morgan fingerprint density at radius 3 is 2.78 bits per heavy atom. The minimum Gasteiger partial charge on any atom is -0.440 e. The van der Waals surface area contributed by atoms with E-state index in [1.54, 1.807) is 0 Å². The van der Waals surface area contributed by atoms with Gasteiger partial charge in [0.2, 0.25) is 5.89 Å². The smallest absolute Gasteiger partial charge is 0.226 e. The van der Waals surface area contributed by atoms with Gasteiger partial charge in [0.1, 0.15) is 5.76 Å². The van der Waals surface area contributed by atoms with Crippen molar-refractivity contribution in [2.75, 3.05) is 26.2 Å². The van der Waals surface area contributed by atoms with Crippen LogP contribution in [0.5, 0.6) is 0 Å². The van der Waals surface area contributed by atoms with Crippen molar-refractivity contribution in [3.8, 4) is 11.1 Å². The van der Waals surface area contributed by atoms with Crippen LogP contribution in [0.2, 0.25) is 0 Å². The first-order chi connectivity index (χ1) is 18.1. The molecule has 2 aromatic heterocycles. The molecule has 1 fully saturated rings. The summed E-state index contributed by atoms with van der Waals surface area (Å²) in [4.78, 5) is 18.0. The van der Waals surface area contributed by atoms with Gasteiger partial charge >= 0.3 is 0 Å². The van der Waals surface area contributed by atoms with Gasteiger partial charge < -0.3 is 9.40 Å². The van der Waals surface area contributed by atoms with Gasteiger partial charge in [-0.15, -0.1) is 0 Å². The van der Waals surface area contributed by atoms with Crippen molar-refractivity contribution in [1.82, 2.24) is 19.8 Å². The van der Waals surface area contributed by atoms with Gasteiger partial charge in [-0.1, -0.05) is 30.4 Å². The predicted molar refractivity (Wildman–Crippen MR) is 150 cm³/mol. The van der Waals surface area contributed by atoms with Gasteiger partial charge in [0.05, 0.1) is 24.1 Å². The average Bonchev–Trinajstić information content (AvgIpc) is 3.66. The van der Waals surface area contributed by atoms with Crippen molar-refractivity contribution in [3.05, 3.63) is 84.2 Å². The molecule has 7 rings (SSSR count). The van der Waals surface area contributed by atoms with Crippen molar-refractivity contribution < 1.29 is 4.42 Å². The summed E-state index contributed by atoms with van der Waals surface area (Å²) in [6.45, 7) is 9.66. The molecule has 0 amide bonds. The summed E-state index contributed by atoms with van der Waals surface area (Å²) in [5.74, 6) is 1.60. The summed E-state index contributed by atoms with van der Waals surface area (Å²) in [7, 11) is 0. The topological polar surface area (TPSA) is 60.7 Å². The normalized spacial score (nSPS) is 18.1. The molecule has 6 nitrogen and oxygen atoms in total. The van der Waals surface area contributed by atoms with Crippen LogP contribution in [-0.4, -0.2) is 57.7 Å². The van der Waals surface area contributed by atoms with E-state index >= 15 is 0 Å². The molecule has 2 aromatic carbocycles. The molecule has 1 saturated heterocycles. The van der Waals surface area contributed by atoms with Crippen LogP contribution in [0.25, 0.3) is 33.2 Å². The highest BCUT2D eigenvalue weighted by Gasteiger charge is 2.28. The highest BCUT2D eigenvalue weighted by Crippen LogP contribution is 2.44. The summed E-state index contributed by atoms with van der Waals surface area (Å²) >= 11 is 0. The molecular weight excluding hydrogens is 458 g/mol. The van der Waals surface area contributed by atoms with E-state index in [0.717, 1.165) is 78.5 Å². The third-order valence-electron chi connectivity index (χ3n) is 7.88. The third kappa shape index (κ3) is 3.97. The minimum atomic E-state index is 0.604. The van der Waals surface area contributed by atoms with Crippen LogP contribution < -0.4 is 0 Å². The van der Waals surface area contributed by atoms with Crippen LogP contribution in [0.3, 0.4) is 0 Å². The van der Waals surface area contributed by atoms with Crippen LogP contribution in [0.4, 0.5) is 5.69 Å². The van der Waals surface area contributed by atoms with E-state index in [-0.39, 0.29) is 0 Å². The number of H-pyrrole nitrogens is 1. The van der Waals surface area contributed by atoms with E-state index in [1.807, 2.05) is 12.4 Å². The maximum absolute atomic E-state index is 6.35. The van der Waals surface area contributed by atoms with E-state index in [2.05, 4.69) is 83.2 Å². The maximum atomic E-state index is 6.35. The molecule has 4 aromatic rings. The van der Waals surface area contributed by atoms with Crippen molar-refractivity contribution in [2.45, 2.75) is 32.9 Å². The van der Waals surface area contributed by atoms with E-state index in [4.69, 9.17) is 14.4 Å². The second-order valence-electron chi connectivity index (χ2n) is 10.5. The Morgan fingerprint density at radius 2 is 1.92 bits per heavy atom. The Hall–Kier alpha value is -3.74. The zero-order valence-electron chi connectivity index (χ0n) is 21.4. The van der Waals surface area contributed by atoms with E-state index < -0.39 is 0 Å². The lowest BCUT2D eigenvalue weighted by atomic mass is 9.89. The van der Waals surface area contributed by atoms with Crippen LogP contribution in [0.1, 0.15) is 37.5 Å². The summed E-state index contributed by atoms with van der Waals surface area (Å²) in [6.07, 6.45) is 9.04. The molecule has 37 heavy (non-hydrogen) atoms. The first kappa shape index (κ1) is 22.5. The second-order valence-corrected chi connectivity index (χ2v) is 10.5. The van der Waals surface area contributed by atoms with Crippen LogP contribution in [-0.2, 0) is 6.54 Å². The molecule has 0 spiro atoms. The Balaban J connectivity index is 1.21. The number of aromatic amines is 1. The summed E-state index contributed by atoms with van der Waals surface area (Å²) in [5.41, 5.74) is 9.00. The summed E-state index contributed by atoms with van der Waals surface area (Å²) < 4.78 is 6.35. The molecule has 0 bridgehead atoms. The zero-order chi connectivity index (χ0) is 24.9. The Labute approximate surface area is 217 Å². The molecule has 1 aliphatic carbocycles. The van der Waals surface area contributed by atoms with Gasteiger partial charge in [-0.3, -0.25) is 14.8 Å². The maximum Gasteiger partial charge on any atom is 0.226 e. The number of hydrogen-bond donors (Lipinski definition) is 1. The summed E-state index contributed by atoms with van der Waals surface area (Å²) in [5, 5.41) is 1.23. The molecule has 3 aliphatic rings. The Kier molecular flexibility index (Phi) is 5.45. The number of allylic oxidation sites excluding steroid dienone is 4. The molecule has 4 heterocycles. The number of fused-ring (bicyclic) bond motifs is 4. The standard InChI is InChI=1S/C31H31N5O/c1-20(2)36-15-13-35(14-16-36)19-22-18-33-31(37-22)25-6-4-8-29-30(25)26-17-21(9-10-28(26)34-29)23-5-3-7-27-24(23)11-12-32-27/h3-7,9-12,17-18,20,32H,8,13-16,19H2,1-2H3. The molecule has 0 radical (unpaired) electrons. The van der Waals surface area contributed by atoms with Crippen molar-refractivity contribution >= 4 is 33.4 Å². The lowest BCUT2D eigenvalue weighted by Crippen LogP contribution is -2.48. The monoisotopic (exact) mass is 489 g/mol. The molecule has 0 saturated carbocycles. The van der Waals surface area contributed by atoms with Crippen LogP contribution >= 0.6 is 0 Å². The van der Waals surface area contributed by atoms with Gasteiger partial charge in [0, 0.05) is 72.5 Å². The number of nitrogens with zero attached hydrogens (tertiary/aromatic N) is 4. The second kappa shape index (κ2) is 8.98. The van der Waals surface area contributed by atoms with Gasteiger partial charge in [-0.2, -0.15) is 0 Å². The largest absolute Gasteiger partial charge is 0.440 e. The molecule has 186 valence electrons. The molecule has 1 N–H and O–H groups in total. The van der Waals surface area contributed by atoms with Gasteiger partial charge in [-0.05, 0) is 49.2 Å². The van der Waals surface area contributed by atoms with Crippen LogP contribution in [0, 0.1) is 0 Å². The highest BCUT2D eigenvalue weighted by atomic mass is 16.4. The number of nitrogens with one attached hydrogen (secondary N) is 1. The van der Waals surface area contributed by atoms with Gasteiger partial charge in [-0.25, -0.2) is 4.98 Å². The molecule has 2 aliphatic heterocycles. The zero-order valence-corrected chi connectivity index (χ0v) is 21.4. The third-order valence-corrected chi connectivity index (χ3v) is 7.88. The fourth-order valence-corrected chi connectivity index (χ4v) is 5.86. The Morgan fingerprint density at radius 1 is 1.03 bits per heavy atom. The predicted octanol–water partition coefficient (Wildman–Crippen LogP) is 6.31. The lowest BCUT2D eigenvalue weighted by Gasteiger charge is -2.36. The molecule has 0 unspecified atom stereocenters. The van der Waals surface area contributed by atoms with Crippen molar-refractivity contribution in [3.63, 3.8) is 0 Å². The highest BCUT2D eigenvalue weighted by molar-refractivity contribution is 6.36. The number of aromatic nitrogens is 2.